The molecule has 8 nitrogen and oxygen atoms in total. The van der Waals surface area contributed by atoms with Crippen molar-refractivity contribution in [3.8, 4) is 0 Å². The number of carbonyl (C=O) groups is 2. The Labute approximate surface area is 169 Å². The fourth-order valence-electron chi connectivity index (χ4n) is 1.57. The monoisotopic (exact) mass is 421 g/mol. The van der Waals surface area contributed by atoms with Crippen LogP contribution in [0.15, 0.2) is 25.3 Å². The van der Waals surface area contributed by atoms with E-state index in [-0.39, 0.29) is 30.8 Å². The Bertz CT molecular complexity index is 464. The number of hydrogen-bond acceptors (Lipinski definition) is 9. The summed E-state index contributed by atoms with van der Waals surface area (Å²) in [6, 6.07) is 0. The highest BCUT2D eigenvalue weighted by Gasteiger charge is 2.11. The van der Waals surface area contributed by atoms with Crippen molar-refractivity contribution in [1.29, 1.82) is 0 Å². The van der Waals surface area contributed by atoms with Gasteiger partial charge in [-0.15, -0.1) is 13.2 Å². The van der Waals surface area contributed by atoms with Gasteiger partial charge in [0, 0.05) is 24.9 Å². The van der Waals surface area contributed by atoms with Crippen LogP contribution in [0.5, 0.6) is 0 Å². The lowest BCUT2D eigenvalue weighted by Crippen LogP contribution is -2.32. The maximum absolute atomic E-state index is 11.8. The number of hydrogen-bond donors (Lipinski definition) is 0. The summed E-state index contributed by atoms with van der Waals surface area (Å²) >= 11 is 5.53. The van der Waals surface area contributed by atoms with Crippen LogP contribution in [0.3, 0.4) is 0 Å². The van der Waals surface area contributed by atoms with Crippen LogP contribution >= 0.6 is 24.0 Å². The quantitative estimate of drug-likeness (QED) is 0.182. The van der Waals surface area contributed by atoms with Crippen molar-refractivity contribution in [2.45, 2.75) is 6.92 Å². The van der Waals surface area contributed by atoms with Gasteiger partial charge in [-0.3, -0.25) is 0 Å². The summed E-state index contributed by atoms with van der Waals surface area (Å²) in [6.45, 7) is 11.5. The molecule has 27 heavy (non-hydrogen) atoms. The van der Waals surface area contributed by atoms with E-state index in [1.807, 2.05) is 0 Å². The molecule has 1 amide bonds. The average Bonchev–Trinajstić information content (AvgIpc) is 2.63. The molecular weight excluding hydrogens is 394 g/mol. The Hall–Kier alpha value is -1.62. The first-order chi connectivity index (χ1) is 13.0. The number of rotatable bonds is 14. The van der Waals surface area contributed by atoms with Crippen molar-refractivity contribution in [2.75, 3.05) is 59.3 Å². The molecule has 10 heteroatoms. The fraction of sp³-hybridized carbons (Fsp3) is 0.588. The van der Waals surface area contributed by atoms with E-state index in [1.54, 1.807) is 19.1 Å². The number of thioether (sulfide) groups is 1. The predicted octanol–water partition coefficient (Wildman–Crippen LogP) is 3.02. The topological polar surface area (TPSA) is 83.5 Å². The minimum absolute atomic E-state index is 0.112. The van der Waals surface area contributed by atoms with Gasteiger partial charge in [0.15, 0.2) is 0 Å². The molecule has 0 bridgehead atoms. The van der Waals surface area contributed by atoms with E-state index in [0.29, 0.717) is 32.9 Å². The Morgan fingerprint density at radius 2 is 1.44 bits per heavy atom. The normalized spacial score (nSPS) is 9.96. The molecule has 0 N–H and O–H groups in total. The SMILES string of the molecule is C=CCN(CC=C)C(=O)OCCOCCOCCOC(=O)SC(=S)OCC. The zero-order valence-corrected chi connectivity index (χ0v) is 17.2. The average molecular weight is 422 g/mol. The highest BCUT2D eigenvalue weighted by Crippen LogP contribution is 2.09. The van der Waals surface area contributed by atoms with Crippen LogP contribution in [0.25, 0.3) is 0 Å². The minimum Gasteiger partial charge on any atom is -0.478 e. The predicted molar refractivity (Wildman–Crippen MR) is 108 cm³/mol. The van der Waals surface area contributed by atoms with Gasteiger partial charge in [-0.1, -0.05) is 12.2 Å². The highest BCUT2D eigenvalue weighted by molar-refractivity contribution is 8.32. The second-order valence-electron chi connectivity index (χ2n) is 4.70. The number of carbonyl (C=O) groups excluding carboxylic acids is 2. The third kappa shape index (κ3) is 15.2. The molecule has 0 atom stereocenters. The second kappa shape index (κ2) is 17.8. The van der Waals surface area contributed by atoms with Crippen molar-refractivity contribution < 1.29 is 33.3 Å². The molecule has 0 fully saturated rings. The second-order valence-corrected chi connectivity index (χ2v) is 6.24. The molecule has 0 aromatic heterocycles. The largest absolute Gasteiger partial charge is 0.478 e. The number of nitrogens with zero attached hydrogens (tertiary/aromatic N) is 1. The van der Waals surface area contributed by atoms with Crippen LogP contribution in [-0.2, 0) is 23.7 Å². The molecule has 0 aliphatic rings. The molecule has 0 saturated heterocycles. The first-order valence-corrected chi connectivity index (χ1v) is 9.57. The number of thiocarbonyl (C=S) groups is 1. The zero-order valence-electron chi connectivity index (χ0n) is 15.6. The van der Waals surface area contributed by atoms with Crippen LogP contribution in [0.1, 0.15) is 6.92 Å². The van der Waals surface area contributed by atoms with E-state index >= 15 is 0 Å². The molecule has 0 rings (SSSR count). The van der Waals surface area contributed by atoms with Gasteiger partial charge in [-0.2, -0.15) is 0 Å². The molecule has 0 unspecified atom stereocenters. The van der Waals surface area contributed by atoms with Gasteiger partial charge in [-0.25, -0.2) is 9.59 Å². The molecule has 0 radical (unpaired) electrons. The molecule has 154 valence electrons. The van der Waals surface area contributed by atoms with Crippen molar-refractivity contribution in [3.63, 3.8) is 0 Å². The van der Waals surface area contributed by atoms with Crippen LogP contribution in [-0.4, -0.2) is 80.0 Å². The summed E-state index contributed by atoms with van der Waals surface area (Å²) in [6.07, 6.45) is 2.78. The van der Waals surface area contributed by atoms with Crippen molar-refractivity contribution in [3.05, 3.63) is 25.3 Å². The van der Waals surface area contributed by atoms with E-state index in [4.69, 9.17) is 35.9 Å². The fourth-order valence-corrected chi connectivity index (χ4v) is 2.34. The lowest BCUT2D eigenvalue weighted by molar-refractivity contribution is 0.0142. The molecule has 0 saturated carbocycles. The van der Waals surface area contributed by atoms with Gasteiger partial charge in [0.2, 0.25) is 4.38 Å². The van der Waals surface area contributed by atoms with Gasteiger partial charge < -0.3 is 28.6 Å². The van der Waals surface area contributed by atoms with Crippen molar-refractivity contribution in [1.82, 2.24) is 4.90 Å². The summed E-state index contributed by atoms with van der Waals surface area (Å²) in [5.74, 6) is 0. The molecule has 0 aliphatic carbocycles. The van der Waals surface area contributed by atoms with E-state index in [2.05, 4.69) is 13.2 Å². The summed E-state index contributed by atoms with van der Waals surface area (Å²) in [7, 11) is 0. The number of amides is 1. The summed E-state index contributed by atoms with van der Waals surface area (Å²) in [4.78, 5) is 24.6. The Morgan fingerprint density at radius 1 is 0.926 bits per heavy atom. The van der Waals surface area contributed by atoms with Gasteiger partial charge in [0.05, 0.1) is 33.0 Å². The van der Waals surface area contributed by atoms with Gasteiger partial charge in [-0.05, 0) is 19.1 Å². The Balaban J connectivity index is 3.53. The molecule has 0 aliphatic heterocycles. The van der Waals surface area contributed by atoms with Crippen LogP contribution in [0, 0.1) is 0 Å². The molecular formula is C17H27NO7S2. The smallest absolute Gasteiger partial charge is 0.410 e. The summed E-state index contributed by atoms with van der Waals surface area (Å²) < 4.78 is 25.6. The van der Waals surface area contributed by atoms with E-state index in [9.17, 15) is 9.59 Å². The van der Waals surface area contributed by atoms with Gasteiger partial charge in [0.25, 0.3) is 0 Å². The Kier molecular flexibility index (Phi) is 16.7. The summed E-state index contributed by atoms with van der Waals surface area (Å²) in [5.41, 5.74) is 0. The van der Waals surface area contributed by atoms with Crippen LogP contribution in [0.2, 0.25) is 0 Å². The van der Waals surface area contributed by atoms with Crippen molar-refractivity contribution >= 4 is 39.8 Å². The molecule has 0 aromatic rings. The summed E-state index contributed by atoms with van der Waals surface area (Å²) in [5, 5.41) is -0.530. The highest BCUT2D eigenvalue weighted by atomic mass is 32.2. The first-order valence-electron chi connectivity index (χ1n) is 8.35. The number of ether oxygens (including phenoxy) is 5. The lowest BCUT2D eigenvalue weighted by atomic mass is 10.5. The standard InChI is InChI=1S/C17H27NO7S2/c1-4-7-18(8-5-2)15(19)24-13-11-21-9-10-22-12-14-25-16(20)27-17(26)23-6-3/h4-5H,1-2,6-14H2,3H3. The van der Waals surface area contributed by atoms with E-state index < -0.39 is 11.4 Å². The van der Waals surface area contributed by atoms with Crippen LogP contribution < -0.4 is 0 Å². The minimum atomic E-state index is -0.530. The van der Waals surface area contributed by atoms with E-state index in [0.717, 1.165) is 11.8 Å². The van der Waals surface area contributed by atoms with E-state index in [1.165, 1.54) is 4.90 Å². The molecule has 0 spiro atoms. The van der Waals surface area contributed by atoms with Gasteiger partial charge in [0.1, 0.15) is 13.2 Å². The first kappa shape index (κ1) is 25.4. The zero-order chi connectivity index (χ0) is 20.3. The molecule has 0 heterocycles. The third-order valence-corrected chi connectivity index (χ3v) is 3.60. The maximum atomic E-state index is 11.8. The lowest BCUT2D eigenvalue weighted by Gasteiger charge is -2.18. The maximum Gasteiger partial charge on any atom is 0.410 e. The Morgan fingerprint density at radius 3 is 1.96 bits per heavy atom. The van der Waals surface area contributed by atoms with Gasteiger partial charge >= 0.3 is 11.4 Å². The molecule has 0 aromatic carbocycles. The van der Waals surface area contributed by atoms with Crippen molar-refractivity contribution in [2.24, 2.45) is 0 Å². The third-order valence-electron chi connectivity index (χ3n) is 2.66. The van der Waals surface area contributed by atoms with Crippen LogP contribution in [0.4, 0.5) is 9.59 Å².